The molecule has 0 aliphatic carbocycles. The summed E-state index contributed by atoms with van der Waals surface area (Å²) < 4.78 is 5.22. The normalized spacial score (nSPS) is 11.5. The Hall–Kier alpha value is -3.29. The number of carbonyl (C=O) groups is 1. The highest BCUT2D eigenvalue weighted by Gasteiger charge is 2.16. The summed E-state index contributed by atoms with van der Waals surface area (Å²) in [5, 5.41) is 22.4. The predicted octanol–water partition coefficient (Wildman–Crippen LogP) is 1.56. The number of ketones is 1. The van der Waals surface area contributed by atoms with Crippen LogP contribution in [0.3, 0.4) is 0 Å². The van der Waals surface area contributed by atoms with Gasteiger partial charge < -0.3 is 9.52 Å². The third kappa shape index (κ3) is 2.90. The fourth-order valence-corrected chi connectivity index (χ4v) is 1.91. The Morgan fingerprint density at radius 3 is 3.00 bits per heavy atom. The number of nitrogens with one attached hydrogen (secondary N) is 1. The highest BCUT2D eigenvalue weighted by molar-refractivity contribution is 6.06. The quantitative estimate of drug-likeness (QED) is 0.417. The first-order chi connectivity index (χ1) is 10.7. The predicted molar refractivity (Wildman–Crippen MR) is 74.9 cm³/mol. The van der Waals surface area contributed by atoms with E-state index in [0.29, 0.717) is 12.0 Å². The van der Waals surface area contributed by atoms with Crippen molar-refractivity contribution < 1.29 is 14.3 Å². The second-order valence-corrected chi connectivity index (χ2v) is 4.40. The molecule has 0 saturated carbocycles. The number of tetrazole rings is 1. The maximum Gasteiger partial charge on any atom is 0.239 e. The van der Waals surface area contributed by atoms with Crippen molar-refractivity contribution in [1.29, 1.82) is 0 Å². The van der Waals surface area contributed by atoms with Crippen LogP contribution in [0.15, 0.2) is 47.2 Å². The van der Waals surface area contributed by atoms with E-state index in [0.717, 1.165) is 11.8 Å². The third-order valence-electron chi connectivity index (χ3n) is 2.91. The number of aliphatic hydroxyl groups is 1. The molecule has 2 N–H and O–H groups in total. The van der Waals surface area contributed by atoms with Crippen LogP contribution >= 0.6 is 0 Å². The number of hydrogen-bond donors (Lipinski definition) is 2. The second-order valence-electron chi connectivity index (χ2n) is 4.40. The summed E-state index contributed by atoms with van der Waals surface area (Å²) in [5.74, 6) is -0.802. The molecular formula is C14H11N5O3. The molecule has 8 heteroatoms. The molecule has 0 unspecified atom stereocenters. The molecule has 22 heavy (non-hydrogen) atoms. The Morgan fingerprint density at radius 2 is 2.27 bits per heavy atom. The number of carbonyl (C=O) groups excluding carboxylic acids is 1. The highest BCUT2D eigenvalue weighted by atomic mass is 16.3. The zero-order chi connectivity index (χ0) is 15.4. The van der Waals surface area contributed by atoms with Crippen LogP contribution in [0.4, 0.5) is 0 Å². The molecule has 0 aromatic carbocycles. The summed E-state index contributed by atoms with van der Waals surface area (Å²) >= 11 is 0. The van der Waals surface area contributed by atoms with Gasteiger partial charge in [0.1, 0.15) is 0 Å². The summed E-state index contributed by atoms with van der Waals surface area (Å²) in [6.07, 6.45) is 4.55. The zero-order valence-corrected chi connectivity index (χ0v) is 11.3. The first-order valence-corrected chi connectivity index (χ1v) is 6.39. The maximum absolute atomic E-state index is 12.2. The van der Waals surface area contributed by atoms with Gasteiger partial charge in [-0.15, -0.1) is 10.2 Å². The lowest BCUT2D eigenvalue weighted by atomic mass is 10.1. The van der Waals surface area contributed by atoms with Crippen LogP contribution in [0.25, 0.3) is 5.76 Å². The molecule has 0 aliphatic rings. The van der Waals surface area contributed by atoms with Crippen molar-refractivity contribution >= 4 is 11.5 Å². The molecule has 3 heterocycles. The van der Waals surface area contributed by atoms with E-state index in [-0.39, 0.29) is 17.3 Å². The number of aromatic nitrogens is 5. The number of rotatable bonds is 5. The summed E-state index contributed by atoms with van der Waals surface area (Å²) in [5.41, 5.74) is 1.49. The Morgan fingerprint density at radius 1 is 1.36 bits per heavy atom. The first-order valence-electron chi connectivity index (χ1n) is 6.39. The van der Waals surface area contributed by atoms with E-state index in [1.807, 2.05) is 18.2 Å². The van der Waals surface area contributed by atoms with Crippen LogP contribution in [0, 0.1) is 0 Å². The Kier molecular flexibility index (Phi) is 3.73. The molecule has 0 radical (unpaired) electrons. The topological polar surface area (TPSA) is 118 Å². The van der Waals surface area contributed by atoms with Crippen LogP contribution in [0.5, 0.6) is 0 Å². The van der Waals surface area contributed by atoms with Gasteiger partial charge >= 0.3 is 0 Å². The van der Waals surface area contributed by atoms with Gasteiger partial charge in [0.25, 0.3) is 0 Å². The molecule has 3 aromatic rings. The van der Waals surface area contributed by atoms with Gasteiger partial charge in [-0.1, -0.05) is 6.07 Å². The number of hydrogen-bond acceptors (Lipinski definition) is 7. The van der Waals surface area contributed by atoms with Crippen molar-refractivity contribution in [3.05, 3.63) is 65.6 Å². The molecule has 0 fully saturated rings. The number of allylic oxidation sites excluding steroid dienone is 1. The lowest BCUT2D eigenvalue weighted by Gasteiger charge is -2.00. The van der Waals surface area contributed by atoms with Gasteiger partial charge in [-0.05, 0) is 23.4 Å². The van der Waals surface area contributed by atoms with E-state index in [9.17, 15) is 9.90 Å². The zero-order valence-electron chi connectivity index (χ0n) is 11.3. The van der Waals surface area contributed by atoms with Crippen molar-refractivity contribution in [3.63, 3.8) is 0 Å². The molecule has 0 spiro atoms. The molecule has 0 aliphatic heterocycles. The number of furan rings is 1. The van der Waals surface area contributed by atoms with Gasteiger partial charge in [-0.2, -0.15) is 5.21 Å². The molecule has 8 nitrogen and oxygen atoms in total. The number of nitrogens with zero attached hydrogens (tertiary/aromatic N) is 4. The Labute approximate surface area is 124 Å². The molecule has 0 atom stereocenters. The Balaban J connectivity index is 1.82. The van der Waals surface area contributed by atoms with Crippen LogP contribution in [0.2, 0.25) is 0 Å². The lowest BCUT2D eigenvalue weighted by molar-refractivity contribution is 0.102. The van der Waals surface area contributed by atoms with Crippen LogP contribution < -0.4 is 0 Å². The lowest BCUT2D eigenvalue weighted by Crippen LogP contribution is -2.01. The molecular weight excluding hydrogens is 286 g/mol. The largest absolute Gasteiger partial charge is 0.504 e. The molecule has 0 bridgehead atoms. The molecule has 3 aromatic heterocycles. The van der Waals surface area contributed by atoms with Crippen molar-refractivity contribution in [2.24, 2.45) is 0 Å². The monoisotopic (exact) mass is 297 g/mol. The van der Waals surface area contributed by atoms with E-state index in [4.69, 9.17) is 4.42 Å². The van der Waals surface area contributed by atoms with E-state index in [1.54, 1.807) is 12.3 Å². The fraction of sp³-hybridized carbons (Fsp3) is 0.0714. The molecule has 3 rings (SSSR count). The van der Waals surface area contributed by atoms with Gasteiger partial charge in [0, 0.05) is 30.0 Å². The van der Waals surface area contributed by atoms with Gasteiger partial charge in [0.05, 0.1) is 6.26 Å². The van der Waals surface area contributed by atoms with Crippen molar-refractivity contribution in [2.75, 3.05) is 0 Å². The van der Waals surface area contributed by atoms with Gasteiger partial charge in [0.15, 0.2) is 11.5 Å². The number of aliphatic hydroxyl groups excluding tert-OH is 1. The average Bonchev–Trinajstić information content (AvgIpc) is 3.19. The van der Waals surface area contributed by atoms with Crippen LogP contribution in [-0.4, -0.2) is 36.5 Å². The third-order valence-corrected chi connectivity index (χ3v) is 2.91. The van der Waals surface area contributed by atoms with Crippen molar-refractivity contribution in [2.45, 2.75) is 6.42 Å². The highest BCUT2D eigenvalue weighted by Crippen LogP contribution is 2.17. The van der Waals surface area contributed by atoms with E-state index >= 15 is 0 Å². The van der Waals surface area contributed by atoms with Crippen molar-refractivity contribution in [1.82, 2.24) is 25.6 Å². The molecule has 0 saturated heterocycles. The van der Waals surface area contributed by atoms with Crippen LogP contribution in [0.1, 0.15) is 27.6 Å². The van der Waals surface area contributed by atoms with E-state index in [1.165, 1.54) is 6.26 Å². The molecule has 110 valence electrons. The van der Waals surface area contributed by atoms with Crippen molar-refractivity contribution in [3.8, 4) is 0 Å². The smallest absolute Gasteiger partial charge is 0.239 e. The minimum atomic E-state index is -0.488. The van der Waals surface area contributed by atoms with E-state index in [2.05, 4.69) is 25.6 Å². The van der Waals surface area contributed by atoms with Gasteiger partial charge in [-0.25, -0.2) is 0 Å². The number of pyridine rings is 1. The van der Waals surface area contributed by atoms with Crippen LogP contribution in [-0.2, 0) is 6.42 Å². The SMILES string of the molecule is O=C(C=C(O)c1nn[nH]n1)c1occc1Cc1ccccn1. The standard InChI is InChI=1S/C14H11N5O3/c20-11(8-12(21)14-16-18-19-17-14)13-9(4-6-22-13)7-10-3-1-2-5-15-10/h1-6,8,21H,7H2,(H,16,17,18,19). The van der Waals surface area contributed by atoms with E-state index < -0.39 is 5.78 Å². The van der Waals surface area contributed by atoms with Gasteiger partial charge in [0.2, 0.25) is 11.6 Å². The number of aromatic amines is 1. The fourth-order valence-electron chi connectivity index (χ4n) is 1.91. The minimum Gasteiger partial charge on any atom is -0.504 e. The number of H-pyrrole nitrogens is 1. The van der Waals surface area contributed by atoms with Gasteiger partial charge in [-0.3, -0.25) is 9.78 Å². The minimum absolute atomic E-state index is 0.0637. The Bertz CT molecular complexity index is 793. The average molecular weight is 297 g/mol. The summed E-state index contributed by atoms with van der Waals surface area (Å²) in [6, 6.07) is 7.23. The first kappa shape index (κ1) is 13.7. The molecule has 0 amide bonds. The summed E-state index contributed by atoms with van der Waals surface area (Å²) in [4.78, 5) is 16.4. The maximum atomic E-state index is 12.2. The summed E-state index contributed by atoms with van der Waals surface area (Å²) in [6.45, 7) is 0. The summed E-state index contributed by atoms with van der Waals surface area (Å²) in [7, 11) is 0. The second kappa shape index (κ2) is 6.00.